The first-order valence-corrected chi connectivity index (χ1v) is 6.28. The lowest BCUT2D eigenvalue weighted by Gasteiger charge is -2.11. The molecule has 0 spiro atoms. The van der Waals surface area contributed by atoms with Gasteiger partial charge in [0.05, 0.1) is 18.2 Å². The molecule has 102 valence electrons. The molecule has 1 unspecified atom stereocenters. The molecule has 19 heavy (non-hydrogen) atoms. The van der Waals surface area contributed by atoms with Crippen LogP contribution in [0.3, 0.4) is 0 Å². The smallest absolute Gasteiger partial charge is 0.165 e. The Kier molecular flexibility index (Phi) is 4.16. The third-order valence-corrected chi connectivity index (χ3v) is 3.00. The van der Waals surface area contributed by atoms with Gasteiger partial charge in [0.25, 0.3) is 0 Å². The van der Waals surface area contributed by atoms with E-state index in [1.54, 1.807) is 24.7 Å². The minimum Gasteiger partial charge on any atom is -0.484 e. The predicted octanol–water partition coefficient (Wildman–Crippen LogP) is 2.64. The summed E-state index contributed by atoms with van der Waals surface area (Å²) in [6, 6.07) is 4.61. The standard InChI is InChI=1S/C14H18FN3O/c1-3-18-9-17-7-12(18)8-19-14-5-4-11(10(2)16)6-13(14)15/h4-7,9-10H,3,8,16H2,1-2H3. The molecule has 5 heteroatoms. The molecule has 1 aromatic carbocycles. The number of imidazole rings is 1. The zero-order valence-corrected chi connectivity index (χ0v) is 11.1. The molecule has 2 N–H and O–H groups in total. The molecule has 0 aliphatic carbocycles. The largest absolute Gasteiger partial charge is 0.484 e. The topological polar surface area (TPSA) is 53.1 Å². The third-order valence-electron chi connectivity index (χ3n) is 3.00. The highest BCUT2D eigenvalue weighted by molar-refractivity contribution is 5.30. The molecular weight excluding hydrogens is 245 g/mol. The molecule has 0 aliphatic heterocycles. The minimum absolute atomic E-state index is 0.190. The van der Waals surface area contributed by atoms with Crippen LogP contribution in [0, 0.1) is 5.82 Å². The van der Waals surface area contributed by atoms with Crippen molar-refractivity contribution in [3.63, 3.8) is 0 Å². The van der Waals surface area contributed by atoms with Crippen LogP contribution in [0.5, 0.6) is 5.75 Å². The van der Waals surface area contributed by atoms with Crippen molar-refractivity contribution in [2.75, 3.05) is 0 Å². The SMILES string of the molecule is CCn1cncc1COc1ccc(C(C)N)cc1F. The van der Waals surface area contributed by atoms with Gasteiger partial charge in [0.15, 0.2) is 11.6 Å². The zero-order chi connectivity index (χ0) is 13.8. The fourth-order valence-electron chi connectivity index (χ4n) is 1.82. The molecule has 4 nitrogen and oxygen atoms in total. The van der Waals surface area contributed by atoms with E-state index in [0.29, 0.717) is 6.61 Å². The van der Waals surface area contributed by atoms with E-state index in [1.807, 2.05) is 18.4 Å². The Labute approximate surface area is 112 Å². The molecule has 1 aromatic heterocycles. The van der Waals surface area contributed by atoms with Crippen molar-refractivity contribution in [3.05, 3.63) is 47.8 Å². The average Bonchev–Trinajstić information content (AvgIpc) is 2.84. The second-order valence-electron chi connectivity index (χ2n) is 4.44. The van der Waals surface area contributed by atoms with Crippen LogP contribution in [-0.4, -0.2) is 9.55 Å². The Hall–Kier alpha value is -1.88. The highest BCUT2D eigenvalue weighted by Crippen LogP contribution is 2.22. The number of nitrogens with two attached hydrogens (primary N) is 1. The molecule has 2 aromatic rings. The van der Waals surface area contributed by atoms with Gasteiger partial charge in [-0.15, -0.1) is 0 Å². The summed E-state index contributed by atoms with van der Waals surface area (Å²) < 4.78 is 21.3. The van der Waals surface area contributed by atoms with Gasteiger partial charge in [-0.1, -0.05) is 6.07 Å². The van der Waals surface area contributed by atoms with Crippen LogP contribution in [0.15, 0.2) is 30.7 Å². The average molecular weight is 263 g/mol. The van der Waals surface area contributed by atoms with E-state index in [9.17, 15) is 4.39 Å². The minimum atomic E-state index is -0.391. The van der Waals surface area contributed by atoms with Gasteiger partial charge in [0.1, 0.15) is 6.61 Å². The number of ether oxygens (including phenoxy) is 1. The maximum absolute atomic E-state index is 13.8. The second kappa shape index (κ2) is 5.84. The predicted molar refractivity (Wildman–Crippen MR) is 71.2 cm³/mol. The molecule has 1 heterocycles. The molecule has 0 bridgehead atoms. The second-order valence-corrected chi connectivity index (χ2v) is 4.44. The lowest BCUT2D eigenvalue weighted by molar-refractivity contribution is 0.280. The van der Waals surface area contributed by atoms with Crippen LogP contribution in [0.25, 0.3) is 0 Å². The number of hydrogen-bond donors (Lipinski definition) is 1. The van der Waals surface area contributed by atoms with Crippen molar-refractivity contribution < 1.29 is 9.13 Å². The number of aryl methyl sites for hydroxylation is 1. The van der Waals surface area contributed by atoms with Gasteiger partial charge in [0.2, 0.25) is 0 Å². The Bertz CT molecular complexity index is 551. The van der Waals surface area contributed by atoms with E-state index in [2.05, 4.69) is 4.98 Å². The first kappa shape index (κ1) is 13.5. The Morgan fingerprint density at radius 2 is 2.26 bits per heavy atom. The van der Waals surface area contributed by atoms with Gasteiger partial charge in [-0.25, -0.2) is 9.37 Å². The summed E-state index contributed by atoms with van der Waals surface area (Å²) in [5.74, 6) is -0.161. The molecule has 0 fully saturated rings. The quantitative estimate of drug-likeness (QED) is 0.902. The summed E-state index contributed by atoms with van der Waals surface area (Å²) in [4.78, 5) is 4.04. The fraction of sp³-hybridized carbons (Fsp3) is 0.357. The first-order chi connectivity index (χ1) is 9.11. The highest BCUT2D eigenvalue weighted by atomic mass is 19.1. The van der Waals surface area contributed by atoms with E-state index in [1.165, 1.54) is 6.07 Å². The lowest BCUT2D eigenvalue weighted by atomic mass is 10.1. The summed E-state index contributed by atoms with van der Waals surface area (Å²) in [6.45, 7) is 4.94. The van der Waals surface area contributed by atoms with Crippen LogP contribution >= 0.6 is 0 Å². The van der Waals surface area contributed by atoms with Crippen LogP contribution in [-0.2, 0) is 13.2 Å². The van der Waals surface area contributed by atoms with Crippen molar-refractivity contribution in [2.24, 2.45) is 5.73 Å². The highest BCUT2D eigenvalue weighted by Gasteiger charge is 2.08. The number of halogens is 1. The third kappa shape index (κ3) is 3.12. The summed E-state index contributed by atoms with van der Waals surface area (Å²) in [5.41, 5.74) is 7.37. The Morgan fingerprint density at radius 3 is 2.89 bits per heavy atom. The van der Waals surface area contributed by atoms with E-state index in [-0.39, 0.29) is 11.8 Å². The number of hydrogen-bond acceptors (Lipinski definition) is 3. The molecule has 0 saturated carbocycles. The lowest BCUT2D eigenvalue weighted by Crippen LogP contribution is -2.07. The van der Waals surface area contributed by atoms with Gasteiger partial charge in [-0.3, -0.25) is 0 Å². The molecule has 0 radical (unpaired) electrons. The van der Waals surface area contributed by atoms with E-state index in [0.717, 1.165) is 17.8 Å². The van der Waals surface area contributed by atoms with Gasteiger partial charge in [0, 0.05) is 12.6 Å². The normalized spacial score (nSPS) is 12.4. The Morgan fingerprint density at radius 1 is 1.47 bits per heavy atom. The number of rotatable bonds is 5. The van der Waals surface area contributed by atoms with Crippen molar-refractivity contribution in [3.8, 4) is 5.75 Å². The molecule has 2 rings (SSSR count). The fourth-order valence-corrected chi connectivity index (χ4v) is 1.82. The van der Waals surface area contributed by atoms with Crippen molar-refractivity contribution >= 4 is 0 Å². The zero-order valence-electron chi connectivity index (χ0n) is 11.1. The number of benzene rings is 1. The molecule has 0 saturated heterocycles. The summed E-state index contributed by atoms with van der Waals surface area (Å²) >= 11 is 0. The molecule has 1 atom stereocenters. The number of aromatic nitrogens is 2. The summed E-state index contributed by atoms with van der Waals surface area (Å²) in [5, 5.41) is 0. The van der Waals surface area contributed by atoms with E-state index < -0.39 is 5.82 Å². The van der Waals surface area contributed by atoms with Gasteiger partial charge in [-0.05, 0) is 31.5 Å². The summed E-state index contributed by atoms with van der Waals surface area (Å²) in [7, 11) is 0. The van der Waals surface area contributed by atoms with Crippen molar-refractivity contribution in [2.45, 2.75) is 33.0 Å². The molecule has 0 aliphatic rings. The van der Waals surface area contributed by atoms with Crippen LogP contribution in [0.4, 0.5) is 4.39 Å². The van der Waals surface area contributed by atoms with E-state index >= 15 is 0 Å². The van der Waals surface area contributed by atoms with Crippen molar-refractivity contribution in [1.82, 2.24) is 9.55 Å². The van der Waals surface area contributed by atoms with Crippen LogP contribution < -0.4 is 10.5 Å². The van der Waals surface area contributed by atoms with Gasteiger partial charge in [-0.2, -0.15) is 0 Å². The molecule has 0 amide bonds. The maximum atomic E-state index is 13.8. The van der Waals surface area contributed by atoms with E-state index in [4.69, 9.17) is 10.5 Å². The first-order valence-electron chi connectivity index (χ1n) is 6.28. The Balaban J connectivity index is 2.08. The molecular formula is C14H18FN3O. The monoisotopic (exact) mass is 263 g/mol. The van der Waals surface area contributed by atoms with Crippen LogP contribution in [0.2, 0.25) is 0 Å². The van der Waals surface area contributed by atoms with Gasteiger partial charge >= 0.3 is 0 Å². The summed E-state index contributed by atoms with van der Waals surface area (Å²) in [6.07, 6.45) is 3.45. The van der Waals surface area contributed by atoms with Crippen LogP contribution in [0.1, 0.15) is 31.1 Å². The number of nitrogens with zero attached hydrogens (tertiary/aromatic N) is 2. The van der Waals surface area contributed by atoms with Gasteiger partial charge < -0.3 is 15.0 Å². The maximum Gasteiger partial charge on any atom is 0.165 e. The van der Waals surface area contributed by atoms with Crippen molar-refractivity contribution in [1.29, 1.82) is 0 Å².